The van der Waals surface area contributed by atoms with Crippen molar-refractivity contribution in [2.45, 2.75) is 12.8 Å². The second-order valence-corrected chi connectivity index (χ2v) is 6.43. The van der Waals surface area contributed by atoms with E-state index in [4.69, 9.17) is 4.74 Å². The first kappa shape index (κ1) is 16.4. The topological polar surface area (TPSA) is 49.9 Å². The fourth-order valence-electron chi connectivity index (χ4n) is 3.60. The summed E-state index contributed by atoms with van der Waals surface area (Å²) in [5, 5.41) is 0. The van der Waals surface area contributed by atoms with E-state index in [1.807, 2.05) is 35.2 Å². The summed E-state index contributed by atoms with van der Waals surface area (Å²) in [7, 11) is 1.57. The van der Waals surface area contributed by atoms with E-state index in [2.05, 4.69) is 0 Å². The Morgan fingerprint density at radius 3 is 2.31 bits per heavy atom. The van der Waals surface area contributed by atoms with Crippen LogP contribution in [0.5, 0.6) is 5.75 Å². The highest BCUT2D eigenvalue weighted by Crippen LogP contribution is 2.36. The van der Waals surface area contributed by atoms with Crippen LogP contribution in [0.25, 0.3) is 5.57 Å². The Morgan fingerprint density at radius 1 is 0.885 bits per heavy atom. The third kappa shape index (κ3) is 2.65. The second kappa shape index (κ2) is 6.67. The molecule has 2 aliphatic heterocycles. The highest BCUT2D eigenvalue weighted by atomic mass is 16.5. The van der Waals surface area contributed by atoms with Crippen LogP contribution in [0.15, 0.2) is 60.3 Å². The number of carbonyl (C=O) groups excluding carboxylic acids is 2. The van der Waals surface area contributed by atoms with Gasteiger partial charge in [-0.3, -0.25) is 9.59 Å². The molecule has 132 valence electrons. The zero-order valence-electron chi connectivity index (χ0n) is 14.6. The molecule has 0 atom stereocenters. The SMILES string of the molecule is COc1cccc(N2C(=O)C(c3ccccc3)=C(N3CCCC3)C2=O)c1. The molecular weight excluding hydrogens is 328 g/mol. The third-order valence-electron chi connectivity index (χ3n) is 4.86. The molecule has 0 aliphatic carbocycles. The smallest absolute Gasteiger partial charge is 0.282 e. The highest BCUT2D eigenvalue weighted by Gasteiger charge is 2.42. The van der Waals surface area contributed by atoms with Crippen molar-refractivity contribution in [1.29, 1.82) is 0 Å². The maximum Gasteiger partial charge on any atom is 0.282 e. The zero-order valence-corrected chi connectivity index (χ0v) is 14.6. The third-order valence-corrected chi connectivity index (χ3v) is 4.86. The lowest BCUT2D eigenvalue weighted by Gasteiger charge is -2.20. The Balaban J connectivity index is 1.82. The maximum absolute atomic E-state index is 13.3. The van der Waals surface area contributed by atoms with Crippen molar-refractivity contribution in [2.24, 2.45) is 0 Å². The summed E-state index contributed by atoms with van der Waals surface area (Å²) < 4.78 is 5.25. The van der Waals surface area contributed by atoms with Gasteiger partial charge < -0.3 is 9.64 Å². The van der Waals surface area contributed by atoms with Crippen molar-refractivity contribution in [1.82, 2.24) is 4.90 Å². The molecule has 2 amide bonds. The second-order valence-electron chi connectivity index (χ2n) is 6.43. The number of hydrogen-bond acceptors (Lipinski definition) is 4. The van der Waals surface area contributed by atoms with Crippen LogP contribution >= 0.6 is 0 Å². The first-order chi connectivity index (χ1) is 12.7. The van der Waals surface area contributed by atoms with Crippen molar-refractivity contribution in [3.05, 3.63) is 65.9 Å². The van der Waals surface area contributed by atoms with Gasteiger partial charge in [0.05, 0.1) is 18.4 Å². The van der Waals surface area contributed by atoms with Crippen LogP contribution in [0, 0.1) is 0 Å². The molecule has 4 rings (SSSR count). The van der Waals surface area contributed by atoms with Gasteiger partial charge in [0, 0.05) is 19.2 Å². The van der Waals surface area contributed by atoms with Gasteiger partial charge in [-0.1, -0.05) is 36.4 Å². The summed E-state index contributed by atoms with van der Waals surface area (Å²) >= 11 is 0. The average molecular weight is 348 g/mol. The summed E-state index contributed by atoms with van der Waals surface area (Å²) in [6.07, 6.45) is 2.07. The molecule has 5 nitrogen and oxygen atoms in total. The number of hydrogen-bond donors (Lipinski definition) is 0. The summed E-state index contributed by atoms with van der Waals surface area (Å²) in [4.78, 5) is 29.8. The number of benzene rings is 2. The van der Waals surface area contributed by atoms with Gasteiger partial charge in [0.25, 0.3) is 11.8 Å². The predicted molar refractivity (Wildman–Crippen MR) is 99.7 cm³/mol. The zero-order chi connectivity index (χ0) is 18.1. The number of anilines is 1. The Labute approximate surface area is 152 Å². The minimum Gasteiger partial charge on any atom is -0.497 e. The minimum atomic E-state index is -0.281. The lowest BCUT2D eigenvalue weighted by molar-refractivity contribution is -0.120. The predicted octanol–water partition coefficient (Wildman–Crippen LogP) is 3.08. The van der Waals surface area contributed by atoms with Gasteiger partial charge >= 0.3 is 0 Å². The lowest BCUT2D eigenvalue weighted by atomic mass is 10.0. The average Bonchev–Trinajstić information content (AvgIpc) is 3.28. The number of carbonyl (C=O) groups is 2. The minimum absolute atomic E-state index is 0.260. The van der Waals surface area contributed by atoms with Gasteiger partial charge in [-0.25, -0.2) is 4.90 Å². The Kier molecular flexibility index (Phi) is 4.21. The van der Waals surface area contributed by atoms with E-state index < -0.39 is 0 Å². The van der Waals surface area contributed by atoms with Crippen molar-refractivity contribution in [2.75, 3.05) is 25.1 Å². The molecule has 1 fully saturated rings. The molecule has 26 heavy (non-hydrogen) atoms. The molecule has 2 aromatic carbocycles. The van der Waals surface area contributed by atoms with Crippen LogP contribution in [0.2, 0.25) is 0 Å². The van der Waals surface area contributed by atoms with Gasteiger partial charge in [0.1, 0.15) is 11.4 Å². The molecule has 0 aromatic heterocycles. The first-order valence-electron chi connectivity index (χ1n) is 8.78. The Hall–Kier alpha value is -3.08. The number of imide groups is 1. The van der Waals surface area contributed by atoms with Crippen molar-refractivity contribution >= 4 is 23.1 Å². The number of amides is 2. The standard InChI is InChI=1S/C21H20N2O3/c1-26-17-11-7-10-16(14-17)23-20(24)18(15-8-3-2-4-9-15)19(21(23)25)22-12-5-6-13-22/h2-4,7-11,14H,5-6,12-13H2,1H3. The monoisotopic (exact) mass is 348 g/mol. The summed E-state index contributed by atoms with van der Waals surface area (Å²) in [5.41, 5.74) is 2.31. The van der Waals surface area contributed by atoms with E-state index in [1.54, 1.807) is 31.4 Å². The molecule has 2 aliphatic rings. The highest BCUT2D eigenvalue weighted by molar-refractivity contribution is 6.45. The van der Waals surface area contributed by atoms with Crippen LogP contribution in [0.1, 0.15) is 18.4 Å². The number of nitrogens with zero attached hydrogens (tertiary/aromatic N) is 2. The van der Waals surface area contributed by atoms with Crippen LogP contribution < -0.4 is 9.64 Å². The maximum atomic E-state index is 13.3. The Bertz CT molecular complexity index is 883. The number of rotatable bonds is 4. The molecule has 0 N–H and O–H groups in total. The fourth-order valence-corrected chi connectivity index (χ4v) is 3.60. The lowest BCUT2D eigenvalue weighted by Crippen LogP contribution is -2.34. The number of methoxy groups -OCH3 is 1. The molecule has 5 heteroatoms. The number of likely N-dealkylation sites (tertiary alicyclic amines) is 1. The van der Waals surface area contributed by atoms with Gasteiger partial charge in [-0.05, 0) is 30.5 Å². The van der Waals surface area contributed by atoms with Gasteiger partial charge in [-0.2, -0.15) is 0 Å². The molecule has 2 heterocycles. The molecule has 2 aromatic rings. The number of ether oxygens (including phenoxy) is 1. The van der Waals surface area contributed by atoms with E-state index in [0.29, 0.717) is 22.7 Å². The van der Waals surface area contributed by atoms with E-state index in [0.717, 1.165) is 31.5 Å². The van der Waals surface area contributed by atoms with Gasteiger partial charge in [0.2, 0.25) is 0 Å². The van der Waals surface area contributed by atoms with Crippen LogP contribution in [-0.4, -0.2) is 36.9 Å². The molecule has 1 saturated heterocycles. The van der Waals surface area contributed by atoms with E-state index in [9.17, 15) is 9.59 Å². The van der Waals surface area contributed by atoms with Crippen LogP contribution in [-0.2, 0) is 9.59 Å². The summed E-state index contributed by atoms with van der Waals surface area (Å²) in [6, 6.07) is 16.5. The largest absolute Gasteiger partial charge is 0.497 e. The van der Waals surface area contributed by atoms with E-state index in [-0.39, 0.29) is 11.8 Å². The van der Waals surface area contributed by atoms with E-state index >= 15 is 0 Å². The van der Waals surface area contributed by atoms with Crippen LogP contribution in [0.3, 0.4) is 0 Å². The molecule has 0 saturated carbocycles. The normalized spacial score (nSPS) is 17.4. The Morgan fingerprint density at radius 2 is 1.62 bits per heavy atom. The van der Waals surface area contributed by atoms with Crippen molar-refractivity contribution in [3.63, 3.8) is 0 Å². The van der Waals surface area contributed by atoms with Gasteiger partial charge in [-0.15, -0.1) is 0 Å². The van der Waals surface area contributed by atoms with Crippen LogP contribution in [0.4, 0.5) is 5.69 Å². The molecule has 0 unspecified atom stereocenters. The summed E-state index contributed by atoms with van der Waals surface area (Å²) in [6.45, 7) is 1.60. The molecular formula is C21H20N2O3. The van der Waals surface area contributed by atoms with E-state index in [1.165, 1.54) is 4.90 Å². The molecule has 0 bridgehead atoms. The van der Waals surface area contributed by atoms with Crippen molar-refractivity contribution in [3.8, 4) is 5.75 Å². The molecule has 0 radical (unpaired) electrons. The summed E-state index contributed by atoms with van der Waals surface area (Å²) in [5.74, 6) is 0.0688. The quantitative estimate of drug-likeness (QED) is 0.797. The molecule has 0 spiro atoms. The first-order valence-corrected chi connectivity index (χ1v) is 8.78. The van der Waals surface area contributed by atoms with Crippen molar-refractivity contribution < 1.29 is 14.3 Å². The fraction of sp³-hybridized carbons (Fsp3) is 0.238. The van der Waals surface area contributed by atoms with Gasteiger partial charge in [0.15, 0.2) is 0 Å².